The summed E-state index contributed by atoms with van der Waals surface area (Å²) in [6, 6.07) is 4.54. The van der Waals surface area contributed by atoms with Crippen LogP contribution in [0.4, 0.5) is 0 Å². The Morgan fingerprint density at radius 2 is 2.08 bits per heavy atom. The lowest BCUT2D eigenvalue weighted by Gasteiger charge is -2.23. The van der Waals surface area contributed by atoms with Crippen molar-refractivity contribution < 1.29 is 0 Å². The minimum atomic E-state index is 0.594. The highest BCUT2D eigenvalue weighted by atomic mass is 32.1. The first kappa shape index (κ1) is 19.6. The lowest BCUT2D eigenvalue weighted by atomic mass is 9.82. The van der Waals surface area contributed by atoms with E-state index in [1.165, 1.54) is 47.4 Å². The summed E-state index contributed by atoms with van der Waals surface area (Å²) in [6.07, 6.45) is 9.89. The molecule has 2 aromatic rings. The molecular formula is C24H32S2. The van der Waals surface area contributed by atoms with Crippen molar-refractivity contribution in [2.24, 2.45) is 5.92 Å². The van der Waals surface area contributed by atoms with E-state index in [1.807, 2.05) is 22.7 Å². The van der Waals surface area contributed by atoms with E-state index >= 15 is 0 Å². The average molecular weight is 385 g/mol. The van der Waals surface area contributed by atoms with Crippen LogP contribution in [0, 0.1) is 12.8 Å². The van der Waals surface area contributed by atoms with E-state index in [4.69, 9.17) is 0 Å². The molecule has 0 amide bonds. The third-order valence-corrected chi connectivity index (χ3v) is 7.63. The molecule has 1 aliphatic rings. The molecule has 1 atom stereocenters. The third kappa shape index (κ3) is 3.77. The van der Waals surface area contributed by atoms with Gasteiger partial charge in [-0.15, -0.1) is 22.7 Å². The van der Waals surface area contributed by atoms with E-state index in [-0.39, 0.29) is 0 Å². The van der Waals surface area contributed by atoms with Gasteiger partial charge in [0.1, 0.15) is 0 Å². The lowest BCUT2D eigenvalue weighted by molar-refractivity contribution is 0.608. The topological polar surface area (TPSA) is 0 Å². The van der Waals surface area contributed by atoms with Gasteiger partial charge >= 0.3 is 0 Å². The van der Waals surface area contributed by atoms with Crippen LogP contribution in [0.15, 0.2) is 34.7 Å². The molecule has 0 aromatic carbocycles. The van der Waals surface area contributed by atoms with Crippen LogP contribution in [0.5, 0.6) is 0 Å². The molecule has 0 radical (unpaired) electrons. The molecular weight excluding hydrogens is 352 g/mol. The Hall–Kier alpha value is -1.12. The number of thiophene rings is 2. The predicted octanol–water partition coefficient (Wildman–Crippen LogP) is 8.20. The van der Waals surface area contributed by atoms with Crippen molar-refractivity contribution in [2.75, 3.05) is 0 Å². The fourth-order valence-corrected chi connectivity index (χ4v) is 6.57. The van der Waals surface area contributed by atoms with Gasteiger partial charge in [-0.05, 0) is 74.5 Å². The second-order valence-electron chi connectivity index (χ2n) is 7.54. The Balaban J connectivity index is 2.31. The van der Waals surface area contributed by atoms with Gasteiger partial charge in [0.05, 0.1) is 0 Å². The molecule has 1 unspecified atom stereocenters. The SMILES string of the molecule is CC/C=C(C)/C(=C(/c1cccs1)c1c(C)sc2c1CCC2)C(C)CCC. The summed E-state index contributed by atoms with van der Waals surface area (Å²) in [5.41, 5.74) is 7.84. The maximum absolute atomic E-state index is 2.43. The van der Waals surface area contributed by atoms with Gasteiger partial charge in [0.2, 0.25) is 0 Å². The van der Waals surface area contributed by atoms with Crippen LogP contribution in [-0.2, 0) is 12.8 Å². The molecule has 2 aromatic heterocycles. The van der Waals surface area contributed by atoms with E-state index in [1.54, 1.807) is 27.2 Å². The average Bonchev–Trinajstić information content (AvgIpc) is 3.30. The molecule has 1 aliphatic carbocycles. The number of hydrogen-bond donors (Lipinski definition) is 0. The van der Waals surface area contributed by atoms with E-state index in [2.05, 4.69) is 58.2 Å². The van der Waals surface area contributed by atoms with E-state index < -0.39 is 0 Å². The van der Waals surface area contributed by atoms with Crippen LogP contribution in [0.3, 0.4) is 0 Å². The number of aryl methyl sites for hydroxylation is 2. The Bertz CT molecular complexity index is 800. The molecule has 0 saturated heterocycles. The highest BCUT2D eigenvalue weighted by molar-refractivity contribution is 7.13. The van der Waals surface area contributed by atoms with Crippen molar-refractivity contribution in [2.45, 2.75) is 73.1 Å². The fraction of sp³-hybridized carbons (Fsp3) is 0.500. The summed E-state index contributed by atoms with van der Waals surface area (Å²) in [6.45, 7) is 11.7. The normalized spacial score (nSPS) is 16.6. The molecule has 3 rings (SSSR count). The minimum absolute atomic E-state index is 0.594. The molecule has 0 fully saturated rings. The van der Waals surface area contributed by atoms with Gasteiger partial charge in [-0.3, -0.25) is 0 Å². The molecule has 0 spiro atoms. The zero-order chi connectivity index (χ0) is 18.7. The molecule has 0 N–H and O–H groups in total. The van der Waals surface area contributed by atoms with Gasteiger partial charge in [0.15, 0.2) is 0 Å². The fourth-order valence-electron chi connectivity index (χ4n) is 4.51. The van der Waals surface area contributed by atoms with Gasteiger partial charge in [-0.2, -0.15) is 0 Å². The number of allylic oxidation sites excluding steroid dienone is 3. The summed E-state index contributed by atoms with van der Waals surface area (Å²) >= 11 is 3.95. The van der Waals surface area contributed by atoms with Gasteiger partial charge in [-0.1, -0.05) is 44.9 Å². The van der Waals surface area contributed by atoms with Crippen LogP contribution < -0.4 is 0 Å². The largest absolute Gasteiger partial charge is 0.145 e. The monoisotopic (exact) mass is 384 g/mol. The zero-order valence-corrected chi connectivity index (χ0v) is 18.6. The molecule has 0 aliphatic heterocycles. The Labute approximate surface area is 167 Å². The van der Waals surface area contributed by atoms with Crippen molar-refractivity contribution in [3.05, 3.63) is 60.5 Å². The maximum Gasteiger partial charge on any atom is 0.0352 e. The summed E-state index contributed by atoms with van der Waals surface area (Å²) in [5.74, 6) is 0.594. The first-order valence-electron chi connectivity index (χ1n) is 10.1. The standard InChI is InChI=1S/C24H32S2/c1-6-10-16(3)22(17(4)11-7-2)24(21-14-9-15-25-21)23-18(5)26-20-13-8-12-19(20)23/h9-10,14-15,17H,6-8,11-13H2,1-5H3/b16-10+,24-22+. The van der Waals surface area contributed by atoms with E-state index in [0.717, 1.165) is 6.42 Å². The quantitative estimate of drug-likeness (QED) is 0.422. The minimum Gasteiger partial charge on any atom is -0.145 e. The molecule has 140 valence electrons. The van der Waals surface area contributed by atoms with Crippen molar-refractivity contribution in [3.63, 3.8) is 0 Å². The summed E-state index contributed by atoms with van der Waals surface area (Å²) in [7, 11) is 0. The van der Waals surface area contributed by atoms with E-state index in [9.17, 15) is 0 Å². The van der Waals surface area contributed by atoms with Gasteiger partial charge in [-0.25, -0.2) is 0 Å². The number of fused-ring (bicyclic) bond motifs is 1. The lowest BCUT2D eigenvalue weighted by Crippen LogP contribution is -2.06. The van der Waals surface area contributed by atoms with Crippen LogP contribution >= 0.6 is 22.7 Å². The maximum atomic E-state index is 2.43. The number of rotatable bonds is 7. The zero-order valence-electron chi connectivity index (χ0n) is 16.9. The summed E-state index contributed by atoms with van der Waals surface area (Å²) in [5, 5.41) is 2.23. The second kappa shape index (κ2) is 8.71. The molecule has 0 saturated carbocycles. The molecule has 0 nitrogen and oxygen atoms in total. The Kier molecular flexibility index (Phi) is 6.58. The first-order valence-corrected chi connectivity index (χ1v) is 11.8. The van der Waals surface area contributed by atoms with Crippen LogP contribution in [0.2, 0.25) is 0 Å². The van der Waals surface area contributed by atoms with Crippen LogP contribution in [0.1, 0.15) is 79.1 Å². The smallest absolute Gasteiger partial charge is 0.0352 e. The predicted molar refractivity (Wildman–Crippen MR) is 120 cm³/mol. The highest BCUT2D eigenvalue weighted by Crippen LogP contribution is 2.45. The summed E-state index contributed by atoms with van der Waals surface area (Å²) < 4.78 is 0. The van der Waals surface area contributed by atoms with Crippen molar-refractivity contribution in [1.29, 1.82) is 0 Å². The number of hydrogen-bond acceptors (Lipinski definition) is 2. The molecule has 2 heteroatoms. The molecule has 2 heterocycles. The molecule has 26 heavy (non-hydrogen) atoms. The van der Waals surface area contributed by atoms with Crippen molar-refractivity contribution in [3.8, 4) is 0 Å². The van der Waals surface area contributed by atoms with E-state index in [0.29, 0.717) is 5.92 Å². The van der Waals surface area contributed by atoms with Gasteiger partial charge in [0, 0.05) is 25.8 Å². The first-order chi connectivity index (χ1) is 12.6. The molecule has 0 bridgehead atoms. The van der Waals surface area contributed by atoms with Gasteiger partial charge < -0.3 is 0 Å². The third-order valence-electron chi connectivity index (χ3n) is 5.53. The summed E-state index contributed by atoms with van der Waals surface area (Å²) in [4.78, 5) is 4.61. The van der Waals surface area contributed by atoms with Crippen molar-refractivity contribution in [1.82, 2.24) is 0 Å². The van der Waals surface area contributed by atoms with Crippen LogP contribution in [-0.4, -0.2) is 0 Å². The Morgan fingerprint density at radius 1 is 1.27 bits per heavy atom. The van der Waals surface area contributed by atoms with Gasteiger partial charge in [0.25, 0.3) is 0 Å². The second-order valence-corrected chi connectivity index (χ2v) is 9.80. The Morgan fingerprint density at radius 3 is 2.73 bits per heavy atom. The van der Waals surface area contributed by atoms with Crippen LogP contribution in [0.25, 0.3) is 5.57 Å². The van der Waals surface area contributed by atoms with Crippen molar-refractivity contribution >= 4 is 28.2 Å². The highest BCUT2D eigenvalue weighted by Gasteiger charge is 2.27.